The average Bonchev–Trinajstić information content (AvgIpc) is 3.20. The third-order valence-corrected chi connectivity index (χ3v) is 3.56. The number of halogens is 2. The van der Waals surface area contributed by atoms with Gasteiger partial charge in [0.25, 0.3) is 0 Å². The maximum absolute atomic E-state index is 13.6. The fraction of sp³-hybridized carbons (Fsp3) is 0.600. The van der Waals surface area contributed by atoms with Crippen molar-refractivity contribution in [2.45, 2.75) is 44.7 Å². The van der Waals surface area contributed by atoms with Crippen molar-refractivity contribution in [2.24, 2.45) is 0 Å². The molecule has 1 N–H and O–H groups in total. The first-order valence-electron chi connectivity index (χ1n) is 6.99. The van der Waals surface area contributed by atoms with Crippen molar-refractivity contribution < 1.29 is 13.9 Å². The minimum atomic E-state index is -0.526. The zero-order valence-corrected chi connectivity index (χ0v) is 11.1. The lowest BCUT2D eigenvalue weighted by atomic mass is 10.1. The Morgan fingerprint density at radius 2 is 1.95 bits per heavy atom. The SMILES string of the molecule is OCCCCCN(Cc1ccc(F)cc1F)C1CC1. The number of benzene rings is 1. The molecule has 106 valence electrons. The van der Waals surface area contributed by atoms with Crippen molar-refractivity contribution in [3.63, 3.8) is 0 Å². The van der Waals surface area contributed by atoms with Crippen molar-refractivity contribution in [2.75, 3.05) is 13.2 Å². The fourth-order valence-corrected chi connectivity index (χ4v) is 2.30. The van der Waals surface area contributed by atoms with Crippen molar-refractivity contribution in [1.29, 1.82) is 0 Å². The van der Waals surface area contributed by atoms with Gasteiger partial charge in [0.05, 0.1) is 0 Å². The van der Waals surface area contributed by atoms with Crippen molar-refractivity contribution in [3.05, 3.63) is 35.4 Å². The molecule has 0 radical (unpaired) electrons. The Morgan fingerprint density at radius 1 is 1.16 bits per heavy atom. The van der Waals surface area contributed by atoms with Crippen LogP contribution in [0.25, 0.3) is 0 Å². The van der Waals surface area contributed by atoms with Gasteiger partial charge in [-0.2, -0.15) is 0 Å². The largest absolute Gasteiger partial charge is 0.396 e. The second-order valence-corrected chi connectivity index (χ2v) is 5.22. The first kappa shape index (κ1) is 14.4. The Labute approximate surface area is 113 Å². The Morgan fingerprint density at radius 3 is 2.58 bits per heavy atom. The van der Waals surface area contributed by atoms with Crippen LogP contribution < -0.4 is 0 Å². The molecule has 4 heteroatoms. The van der Waals surface area contributed by atoms with Gasteiger partial charge in [0.1, 0.15) is 11.6 Å². The molecule has 2 rings (SSSR count). The first-order chi connectivity index (χ1) is 9.20. The van der Waals surface area contributed by atoms with Gasteiger partial charge in [-0.1, -0.05) is 6.07 Å². The summed E-state index contributed by atoms with van der Waals surface area (Å²) in [6.45, 7) is 1.70. The van der Waals surface area contributed by atoms with Crippen LogP contribution in [0.4, 0.5) is 8.78 Å². The van der Waals surface area contributed by atoms with Gasteiger partial charge in [0, 0.05) is 30.8 Å². The van der Waals surface area contributed by atoms with Crippen molar-refractivity contribution >= 4 is 0 Å². The van der Waals surface area contributed by atoms with E-state index in [4.69, 9.17) is 5.11 Å². The number of hydrogen-bond donors (Lipinski definition) is 1. The van der Waals surface area contributed by atoms with Crippen molar-refractivity contribution in [3.8, 4) is 0 Å². The minimum absolute atomic E-state index is 0.232. The maximum atomic E-state index is 13.6. The molecule has 1 saturated carbocycles. The third-order valence-electron chi connectivity index (χ3n) is 3.56. The maximum Gasteiger partial charge on any atom is 0.130 e. The van der Waals surface area contributed by atoms with Gasteiger partial charge in [-0.05, 0) is 44.7 Å². The van der Waals surface area contributed by atoms with Crippen LogP contribution in [0.2, 0.25) is 0 Å². The molecule has 0 spiro atoms. The smallest absolute Gasteiger partial charge is 0.130 e. The van der Waals surface area contributed by atoms with Gasteiger partial charge in [-0.3, -0.25) is 4.90 Å². The van der Waals surface area contributed by atoms with Gasteiger partial charge in [0.15, 0.2) is 0 Å². The van der Waals surface area contributed by atoms with Crippen molar-refractivity contribution in [1.82, 2.24) is 4.90 Å². The molecule has 0 unspecified atom stereocenters. The summed E-state index contributed by atoms with van der Waals surface area (Å²) in [4.78, 5) is 2.27. The average molecular weight is 269 g/mol. The molecule has 0 bridgehead atoms. The molecule has 1 aromatic carbocycles. The summed E-state index contributed by atoms with van der Waals surface area (Å²) in [7, 11) is 0. The van der Waals surface area contributed by atoms with Gasteiger partial charge >= 0.3 is 0 Å². The molecule has 0 heterocycles. The fourth-order valence-electron chi connectivity index (χ4n) is 2.30. The molecule has 1 aliphatic carbocycles. The lowest BCUT2D eigenvalue weighted by Gasteiger charge is -2.22. The lowest BCUT2D eigenvalue weighted by molar-refractivity contribution is 0.236. The Hall–Kier alpha value is -1.00. The van der Waals surface area contributed by atoms with Gasteiger partial charge < -0.3 is 5.11 Å². The summed E-state index contributed by atoms with van der Waals surface area (Å²) in [6.07, 6.45) is 5.17. The van der Waals surface area contributed by atoms with E-state index in [0.717, 1.165) is 31.9 Å². The van der Waals surface area contributed by atoms with Crippen LogP contribution in [0, 0.1) is 11.6 Å². The number of aliphatic hydroxyl groups excluding tert-OH is 1. The van der Waals surface area contributed by atoms with E-state index in [1.807, 2.05) is 0 Å². The van der Waals surface area contributed by atoms with Crippen LogP contribution in [0.1, 0.15) is 37.7 Å². The molecular formula is C15H21F2NO. The van der Waals surface area contributed by atoms with Crippen LogP contribution in [0.15, 0.2) is 18.2 Å². The quantitative estimate of drug-likeness (QED) is 0.733. The molecule has 19 heavy (non-hydrogen) atoms. The summed E-state index contributed by atoms with van der Waals surface area (Å²) in [5, 5.41) is 8.75. The molecule has 2 nitrogen and oxygen atoms in total. The number of rotatable bonds is 8. The zero-order chi connectivity index (χ0) is 13.7. The Balaban J connectivity index is 1.89. The van der Waals surface area contributed by atoms with Gasteiger partial charge in [-0.15, -0.1) is 0 Å². The summed E-state index contributed by atoms with van der Waals surface area (Å²) in [6, 6.07) is 4.36. The van der Waals surface area contributed by atoms with E-state index in [-0.39, 0.29) is 6.61 Å². The standard InChI is InChI=1S/C15H21F2NO/c16-13-5-4-12(15(17)10-13)11-18(14-6-7-14)8-2-1-3-9-19/h4-5,10,14,19H,1-3,6-9,11H2. The third kappa shape index (κ3) is 4.55. The van der Waals surface area contributed by atoms with Crippen LogP contribution >= 0.6 is 0 Å². The molecule has 1 aromatic rings. The highest BCUT2D eigenvalue weighted by molar-refractivity contribution is 5.18. The topological polar surface area (TPSA) is 23.5 Å². The van der Waals surface area contributed by atoms with Crippen LogP contribution in [0.3, 0.4) is 0 Å². The monoisotopic (exact) mass is 269 g/mol. The molecule has 0 atom stereocenters. The summed E-state index contributed by atoms with van der Waals surface area (Å²) in [5.74, 6) is -0.983. The van der Waals surface area contributed by atoms with E-state index in [1.54, 1.807) is 0 Å². The predicted octanol–water partition coefficient (Wildman–Crippen LogP) is 3.09. The lowest BCUT2D eigenvalue weighted by Crippen LogP contribution is -2.27. The normalized spacial score (nSPS) is 15.2. The number of nitrogens with zero attached hydrogens (tertiary/aromatic N) is 1. The molecule has 0 amide bonds. The highest BCUT2D eigenvalue weighted by Crippen LogP contribution is 2.29. The van der Waals surface area contributed by atoms with Gasteiger partial charge in [-0.25, -0.2) is 8.78 Å². The number of aliphatic hydroxyl groups is 1. The minimum Gasteiger partial charge on any atom is -0.396 e. The van der Waals surface area contributed by atoms with Crippen LogP contribution in [0.5, 0.6) is 0 Å². The van der Waals surface area contributed by atoms with Crippen LogP contribution in [-0.4, -0.2) is 29.2 Å². The summed E-state index contributed by atoms with van der Waals surface area (Å²) >= 11 is 0. The molecule has 1 fully saturated rings. The summed E-state index contributed by atoms with van der Waals surface area (Å²) < 4.78 is 26.5. The highest BCUT2D eigenvalue weighted by atomic mass is 19.1. The zero-order valence-electron chi connectivity index (χ0n) is 11.1. The van der Waals surface area contributed by atoms with E-state index in [9.17, 15) is 8.78 Å². The van der Waals surface area contributed by atoms with E-state index in [1.165, 1.54) is 25.0 Å². The van der Waals surface area contributed by atoms with Crippen LogP contribution in [-0.2, 0) is 6.54 Å². The first-order valence-corrected chi connectivity index (χ1v) is 6.99. The number of hydrogen-bond acceptors (Lipinski definition) is 2. The molecule has 1 aliphatic rings. The van der Waals surface area contributed by atoms with E-state index < -0.39 is 11.6 Å². The van der Waals surface area contributed by atoms with E-state index in [0.29, 0.717) is 18.2 Å². The predicted molar refractivity (Wildman–Crippen MR) is 70.7 cm³/mol. The highest BCUT2D eigenvalue weighted by Gasteiger charge is 2.28. The molecular weight excluding hydrogens is 248 g/mol. The van der Waals surface area contributed by atoms with E-state index >= 15 is 0 Å². The Kier molecular flexibility index (Phi) is 5.28. The summed E-state index contributed by atoms with van der Waals surface area (Å²) in [5.41, 5.74) is 0.565. The molecule has 0 saturated heterocycles. The second kappa shape index (κ2) is 6.96. The second-order valence-electron chi connectivity index (χ2n) is 5.22. The van der Waals surface area contributed by atoms with Gasteiger partial charge in [0.2, 0.25) is 0 Å². The number of unbranched alkanes of at least 4 members (excludes halogenated alkanes) is 2. The molecule has 0 aromatic heterocycles. The van der Waals surface area contributed by atoms with E-state index in [2.05, 4.69) is 4.90 Å². The molecule has 0 aliphatic heterocycles. The Bertz CT molecular complexity index is 407.